The SMILES string of the molecule is C[CH]=[Zr+2].C[Si](C)(C)OCCOc1ccc[cH-]1.C[Si](C)(C)OCCOc1ccc[cH-]1.[Cl-].[Cl-]. The Labute approximate surface area is 219 Å². The summed E-state index contributed by atoms with van der Waals surface area (Å²) in [4.78, 5) is 0. The molecule has 0 radical (unpaired) electrons. The predicted octanol–water partition coefficient (Wildman–Crippen LogP) is -0.365. The third-order valence-corrected chi connectivity index (χ3v) is 5.18. The molecule has 9 heteroatoms. The monoisotopic (exact) mass is 582 g/mol. The molecule has 0 aliphatic carbocycles. The second-order valence-electron chi connectivity index (χ2n) is 8.15. The second kappa shape index (κ2) is 20.6. The van der Waals surface area contributed by atoms with Gasteiger partial charge >= 0.3 is 34.9 Å². The van der Waals surface area contributed by atoms with Crippen LogP contribution in [0.1, 0.15) is 6.92 Å². The van der Waals surface area contributed by atoms with Crippen molar-refractivity contribution in [3.8, 4) is 11.5 Å². The number of hydrogen-bond acceptors (Lipinski definition) is 4. The largest absolute Gasteiger partial charge is 1.00 e. The van der Waals surface area contributed by atoms with Crippen LogP contribution < -0.4 is 34.3 Å². The van der Waals surface area contributed by atoms with E-state index in [9.17, 15) is 0 Å². The number of hydrogen-bond donors (Lipinski definition) is 0. The standard InChI is InChI=1S/2C10H17O2Si.C2H4.2ClH.Zr/c2*1-13(2,3)12-9-8-11-10-6-4-5-7-10;1-2;;;/h2*4-7H,8-9H2,1-3H3;1H,2H3;2*1H;/q2*-1;;;;+2/p-2. The summed E-state index contributed by atoms with van der Waals surface area (Å²) in [5, 5.41) is 0. The van der Waals surface area contributed by atoms with Crippen LogP contribution in [0.15, 0.2) is 48.5 Å². The normalized spacial score (nSPS) is 10.2. The van der Waals surface area contributed by atoms with E-state index in [0.29, 0.717) is 26.4 Å². The van der Waals surface area contributed by atoms with Crippen molar-refractivity contribution in [1.29, 1.82) is 0 Å². The fourth-order valence-corrected chi connectivity index (χ4v) is 3.31. The molecule has 178 valence electrons. The maximum atomic E-state index is 5.64. The zero-order chi connectivity index (χ0) is 22.2. The van der Waals surface area contributed by atoms with Gasteiger partial charge in [-0.1, -0.05) is 0 Å². The van der Waals surface area contributed by atoms with Gasteiger partial charge in [-0.15, -0.1) is 12.1 Å². The van der Waals surface area contributed by atoms with Gasteiger partial charge in [-0.2, -0.15) is 24.3 Å². The Kier molecular flexibility index (Phi) is 23.6. The Morgan fingerprint density at radius 2 is 1.06 bits per heavy atom. The van der Waals surface area contributed by atoms with E-state index in [1.165, 1.54) is 24.2 Å². The van der Waals surface area contributed by atoms with Crippen LogP contribution in [-0.2, 0) is 33.1 Å². The molecule has 0 atom stereocenters. The van der Waals surface area contributed by atoms with Gasteiger partial charge in [0.1, 0.15) is 13.2 Å². The molecule has 0 unspecified atom stereocenters. The average molecular weight is 585 g/mol. The van der Waals surface area contributed by atoms with Crippen LogP contribution in [0.3, 0.4) is 0 Å². The van der Waals surface area contributed by atoms with Crippen LogP contribution in [0.4, 0.5) is 0 Å². The Bertz CT molecular complexity index is 558. The minimum atomic E-state index is -1.36. The molecule has 31 heavy (non-hydrogen) atoms. The Morgan fingerprint density at radius 1 is 0.742 bits per heavy atom. The Balaban J connectivity index is -0.000000424. The summed E-state index contributed by atoms with van der Waals surface area (Å²) in [6.45, 7) is 17.8. The Morgan fingerprint density at radius 3 is 1.29 bits per heavy atom. The van der Waals surface area contributed by atoms with E-state index in [0.717, 1.165) is 11.5 Å². The van der Waals surface area contributed by atoms with E-state index >= 15 is 0 Å². The summed E-state index contributed by atoms with van der Waals surface area (Å²) in [7, 11) is -2.72. The molecule has 0 bridgehead atoms. The molecule has 0 N–H and O–H groups in total. The topological polar surface area (TPSA) is 36.9 Å². The van der Waals surface area contributed by atoms with Crippen molar-refractivity contribution < 1.29 is 67.4 Å². The van der Waals surface area contributed by atoms with Crippen molar-refractivity contribution in [2.24, 2.45) is 0 Å². The molecule has 0 heterocycles. The van der Waals surface area contributed by atoms with Crippen molar-refractivity contribution in [2.75, 3.05) is 26.4 Å². The number of ether oxygens (including phenoxy) is 2. The molecular formula is C22H38Cl2O4Si2Zr-2. The quantitative estimate of drug-likeness (QED) is 0.217. The van der Waals surface area contributed by atoms with Gasteiger partial charge in [0.15, 0.2) is 16.6 Å². The van der Waals surface area contributed by atoms with Gasteiger partial charge in [0, 0.05) is 11.5 Å². The summed E-state index contributed by atoms with van der Waals surface area (Å²) < 4.78 is 24.3. The molecule has 0 fully saturated rings. The molecule has 2 aromatic carbocycles. The fraction of sp³-hybridized carbons (Fsp3) is 0.500. The van der Waals surface area contributed by atoms with Gasteiger partial charge in [-0.3, -0.25) is 0 Å². The summed E-state index contributed by atoms with van der Waals surface area (Å²) in [6.07, 6.45) is 0. The zero-order valence-corrected chi connectivity index (χ0v) is 25.9. The molecule has 0 aliphatic rings. The molecule has 0 saturated heterocycles. The van der Waals surface area contributed by atoms with Crippen LogP contribution >= 0.6 is 0 Å². The first kappa shape index (κ1) is 35.6. The first-order valence-corrected chi connectivity index (χ1v) is 18.2. The molecule has 0 aliphatic heterocycles. The van der Waals surface area contributed by atoms with Crippen molar-refractivity contribution in [1.82, 2.24) is 0 Å². The molecule has 0 saturated carbocycles. The molecule has 2 rings (SSSR count). The molecule has 0 aromatic heterocycles. The maximum absolute atomic E-state index is 5.64. The fourth-order valence-electron chi connectivity index (χ4n) is 1.92. The van der Waals surface area contributed by atoms with Gasteiger partial charge < -0.3 is 43.1 Å². The van der Waals surface area contributed by atoms with Crippen molar-refractivity contribution in [2.45, 2.75) is 46.2 Å². The number of halogens is 2. The Hall–Kier alpha value is -0.0131. The smallest absolute Gasteiger partial charge is 0.183 e. The van der Waals surface area contributed by atoms with Gasteiger partial charge in [-0.25, -0.2) is 12.1 Å². The second-order valence-corrected chi connectivity index (χ2v) is 18.6. The summed E-state index contributed by atoms with van der Waals surface area (Å²) in [5.41, 5.74) is 0. The van der Waals surface area contributed by atoms with E-state index in [2.05, 4.69) is 43.0 Å². The van der Waals surface area contributed by atoms with Crippen LogP contribution in [0.2, 0.25) is 39.3 Å². The van der Waals surface area contributed by atoms with Crippen LogP contribution in [-0.4, -0.2) is 46.8 Å². The zero-order valence-electron chi connectivity index (χ0n) is 19.9. The van der Waals surface area contributed by atoms with Crippen molar-refractivity contribution in [3.63, 3.8) is 0 Å². The van der Waals surface area contributed by atoms with E-state index in [1.54, 1.807) is 0 Å². The third kappa shape index (κ3) is 26.1. The average Bonchev–Trinajstić information content (AvgIpc) is 3.29. The minimum absolute atomic E-state index is 0. The third-order valence-electron chi connectivity index (χ3n) is 3.04. The summed E-state index contributed by atoms with van der Waals surface area (Å²) in [5.74, 6) is 1.86. The minimum Gasteiger partial charge on any atom is -1.00 e. The predicted molar refractivity (Wildman–Crippen MR) is 125 cm³/mol. The molecule has 0 spiro atoms. The van der Waals surface area contributed by atoms with Gasteiger partial charge in [0.2, 0.25) is 0 Å². The van der Waals surface area contributed by atoms with Gasteiger partial charge in [0.05, 0.1) is 13.2 Å². The first-order valence-electron chi connectivity index (χ1n) is 9.99. The van der Waals surface area contributed by atoms with Crippen LogP contribution in [0.5, 0.6) is 11.5 Å². The molecule has 4 nitrogen and oxygen atoms in total. The van der Waals surface area contributed by atoms with Gasteiger partial charge in [0.25, 0.3) is 0 Å². The maximum Gasteiger partial charge on any atom is 0.183 e. The van der Waals surface area contributed by atoms with Crippen LogP contribution in [0.25, 0.3) is 0 Å². The van der Waals surface area contributed by atoms with E-state index in [1.807, 2.05) is 55.5 Å². The first-order chi connectivity index (χ1) is 13.6. The molecule has 0 amide bonds. The van der Waals surface area contributed by atoms with E-state index < -0.39 is 16.6 Å². The molecular weight excluding hydrogens is 547 g/mol. The van der Waals surface area contributed by atoms with Crippen molar-refractivity contribution in [3.05, 3.63) is 48.5 Å². The van der Waals surface area contributed by atoms with Crippen LogP contribution in [0, 0.1) is 0 Å². The number of rotatable bonds is 10. The van der Waals surface area contributed by atoms with E-state index in [4.69, 9.17) is 18.3 Å². The van der Waals surface area contributed by atoms with E-state index in [-0.39, 0.29) is 24.8 Å². The molecule has 2 aromatic rings. The summed E-state index contributed by atoms with van der Waals surface area (Å²) >= 11 is 1.51. The summed E-state index contributed by atoms with van der Waals surface area (Å²) in [6, 6.07) is 15.7. The van der Waals surface area contributed by atoms with Gasteiger partial charge in [-0.05, 0) is 39.3 Å². The van der Waals surface area contributed by atoms with Crippen molar-refractivity contribution >= 4 is 20.3 Å².